The van der Waals surface area contributed by atoms with E-state index in [0.29, 0.717) is 16.5 Å². The molecule has 1 amide bonds. The van der Waals surface area contributed by atoms with E-state index in [1.54, 1.807) is 6.07 Å². The van der Waals surface area contributed by atoms with Crippen molar-refractivity contribution in [3.05, 3.63) is 94.0 Å². The third-order valence-corrected chi connectivity index (χ3v) is 6.53. The maximum Gasteiger partial charge on any atom is 0.303 e. The van der Waals surface area contributed by atoms with Gasteiger partial charge in [-0.05, 0) is 54.2 Å². The number of aliphatic hydroxyl groups excluding tert-OH is 1. The van der Waals surface area contributed by atoms with Crippen LogP contribution in [0.4, 0.5) is 0 Å². The minimum absolute atomic E-state index is 0.127. The number of hydrogen-bond donors (Lipinski definition) is 3. The molecule has 0 saturated heterocycles. The summed E-state index contributed by atoms with van der Waals surface area (Å²) in [5.41, 5.74) is 4.16. The number of aliphatic hydroxyl groups is 1. The van der Waals surface area contributed by atoms with Gasteiger partial charge in [-0.15, -0.1) is 0 Å². The molecule has 0 radical (unpaired) electrons. The Morgan fingerprint density at radius 1 is 0.912 bits per heavy atom. The van der Waals surface area contributed by atoms with Crippen molar-refractivity contribution < 1.29 is 19.8 Å². The van der Waals surface area contributed by atoms with Gasteiger partial charge in [0, 0.05) is 18.4 Å². The first-order valence-corrected chi connectivity index (χ1v) is 11.8. The van der Waals surface area contributed by atoms with Crippen LogP contribution in [-0.4, -0.2) is 34.2 Å². The number of carbonyl (C=O) groups excluding carboxylic acids is 1. The summed E-state index contributed by atoms with van der Waals surface area (Å²) in [6.07, 6.45) is -1.23. The molecule has 5 nitrogen and oxygen atoms in total. The van der Waals surface area contributed by atoms with Crippen molar-refractivity contribution in [1.82, 2.24) is 5.32 Å². The first-order chi connectivity index (χ1) is 16.2. The van der Waals surface area contributed by atoms with E-state index in [0.717, 1.165) is 22.3 Å². The van der Waals surface area contributed by atoms with Crippen LogP contribution >= 0.6 is 23.2 Å². The molecule has 0 aliphatic carbocycles. The van der Waals surface area contributed by atoms with Crippen molar-refractivity contribution in [3.63, 3.8) is 0 Å². The molecule has 3 N–H and O–H groups in total. The normalized spacial score (nSPS) is 13.6. The van der Waals surface area contributed by atoms with Crippen molar-refractivity contribution in [2.75, 3.05) is 0 Å². The van der Waals surface area contributed by atoms with Crippen LogP contribution in [0, 0.1) is 0 Å². The van der Waals surface area contributed by atoms with Gasteiger partial charge in [0.25, 0.3) is 0 Å². The van der Waals surface area contributed by atoms with E-state index in [2.05, 4.69) is 5.32 Å². The summed E-state index contributed by atoms with van der Waals surface area (Å²) in [4.78, 5) is 23.3. The summed E-state index contributed by atoms with van der Waals surface area (Å²) in [6, 6.07) is 23.3. The molecule has 0 heterocycles. The summed E-state index contributed by atoms with van der Waals surface area (Å²) in [5.74, 6) is -1.78. The number of rotatable bonds is 10. The van der Waals surface area contributed by atoms with Crippen LogP contribution in [0.15, 0.2) is 72.8 Å². The van der Waals surface area contributed by atoms with E-state index in [4.69, 9.17) is 28.3 Å². The van der Waals surface area contributed by atoms with E-state index in [9.17, 15) is 14.7 Å². The monoisotopic (exact) mass is 499 g/mol. The zero-order valence-corrected chi connectivity index (χ0v) is 20.3. The van der Waals surface area contributed by atoms with Gasteiger partial charge in [-0.2, -0.15) is 0 Å². The second kappa shape index (κ2) is 12.0. The largest absolute Gasteiger partial charge is 0.481 e. The maximum absolute atomic E-state index is 12.5. The van der Waals surface area contributed by atoms with Gasteiger partial charge in [0.1, 0.15) is 6.10 Å². The molecule has 7 heteroatoms. The second-order valence-corrected chi connectivity index (χ2v) is 9.11. The Hall–Kier alpha value is -2.86. The molecule has 34 heavy (non-hydrogen) atoms. The zero-order chi connectivity index (χ0) is 24.7. The van der Waals surface area contributed by atoms with Crippen LogP contribution in [-0.2, 0) is 16.0 Å². The summed E-state index contributed by atoms with van der Waals surface area (Å²) in [7, 11) is 0. The van der Waals surface area contributed by atoms with E-state index < -0.39 is 18.0 Å². The maximum atomic E-state index is 12.5. The number of carbonyl (C=O) groups is 2. The highest BCUT2D eigenvalue weighted by Gasteiger charge is 2.25. The highest BCUT2D eigenvalue weighted by molar-refractivity contribution is 6.42. The van der Waals surface area contributed by atoms with E-state index in [1.165, 1.54) is 0 Å². The Bertz CT molecular complexity index is 1120. The van der Waals surface area contributed by atoms with Crippen LogP contribution in [0.1, 0.15) is 36.8 Å². The fourth-order valence-electron chi connectivity index (χ4n) is 3.87. The highest BCUT2D eigenvalue weighted by atomic mass is 35.5. The molecule has 3 aromatic rings. The van der Waals surface area contributed by atoms with Gasteiger partial charge in [-0.1, -0.05) is 83.9 Å². The SMILES string of the molecule is CC(NC(=O)[C@@H](O)CCC(=O)O)C(Cc1ccc(Cl)c(Cl)c1)c1ccc(-c2ccccc2)cc1. The summed E-state index contributed by atoms with van der Waals surface area (Å²) in [6.45, 7) is 1.87. The third kappa shape index (κ3) is 7.07. The molecule has 3 atom stereocenters. The third-order valence-electron chi connectivity index (χ3n) is 5.79. The predicted molar refractivity (Wildman–Crippen MR) is 135 cm³/mol. The fourth-order valence-corrected chi connectivity index (χ4v) is 4.19. The molecular formula is C27H27Cl2NO4. The molecule has 3 aromatic carbocycles. The van der Waals surface area contributed by atoms with Gasteiger partial charge >= 0.3 is 5.97 Å². The molecule has 0 aliphatic heterocycles. The van der Waals surface area contributed by atoms with Gasteiger partial charge in [-0.3, -0.25) is 9.59 Å². The number of aliphatic carboxylic acids is 1. The van der Waals surface area contributed by atoms with Crippen LogP contribution in [0.3, 0.4) is 0 Å². The lowest BCUT2D eigenvalue weighted by molar-refractivity contribution is -0.138. The van der Waals surface area contributed by atoms with Gasteiger partial charge in [0.2, 0.25) is 5.91 Å². The number of amides is 1. The molecule has 2 unspecified atom stereocenters. The molecule has 0 aromatic heterocycles. The minimum Gasteiger partial charge on any atom is -0.481 e. The number of nitrogens with one attached hydrogen (secondary N) is 1. The van der Waals surface area contributed by atoms with Crippen LogP contribution in [0.5, 0.6) is 0 Å². The smallest absolute Gasteiger partial charge is 0.303 e. The molecule has 0 spiro atoms. The number of carboxylic acids is 1. The minimum atomic E-state index is -1.38. The van der Waals surface area contributed by atoms with Gasteiger partial charge in [0.15, 0.2) is 0 Å². The Kier molecular flexibility index (Phi) is 9.11. The van der Waals surface area contributed by atoms with Crippen LogP contribution in [0.2, 0.25) is 10.0 Å². The molecule has 3 rings (SSSR count). The number of carboxylic acid groups (broad SMARTS) is 1. The molecule has 0 fully saturated rings. The second-order valence-electron chi connectivity index (χ2n) is 8.29. The standard InChI is InChI=1S/C27H27Cl2NO4/c1-17(30-27(34)25(31)13-14-26(32)33)22(15-18-7-12-23(28)24(29)16-18)21-10-8-20(9-11-21)19-5-3-2-4-6-19/h2-12,16-17,22,25,31H,13-15H2,1H3,(H,30,34)(H,32,33)/t17?,22?,25-/m0/s1. The average Bonchev–Trinajstić information content (AvgIpc) is 2.83. The van der Waals surface area contributed by atoms with Gasteiger partial charge in [-0.25, -0.2) is 0 Å². The van der Waals surface area contributed by atoms with E-state index in [-0.39, 0.29) is 24.8 Å². The number of halogens is 2. The van der Waals surface area contributed by atoms with Crippen LogP contribution < -0.4 is 5.32 Å². The highest BCUT2D eigenvalue weighted by Crippen LogP contribution is 2.30. The lowest BCUT2D eigenvalue weighted by Crippen LogP contribution is -2.43. The number of benzene rings is 3. The van der Waals surface area contributed by atoms with E-state index in [1.807, 2.05) is 73.7 Å². The lowest BCUT2D eigenvalue weighted by atomic mass is 9.85. The summed E-state index contributed by atoms with van der Waals surface area (Å²) in [5, 5.41) is 22.7. The molecule has 178 valence electrons. The first-order valence-electron chi connectivity index (χ1n) is 11.0. The topological polar surface area (TPSA) is 86.6 Å². The zero-order valence-electron chi connectivity index (χ0n) is 18.7. The summed E-state index contributed by atoms with van der Waals surface area (Å²) < 4.78 is 0. The Morgan fingerprint density at radius 2 is 1.56 bits per heavy atom. The van der Waals surface area contributed by atoms with E-state index >= 15 is 0 Å². The Balaban J connectivity index is 1.83. The molecule has 0 bridgehead atoms. The predicted octanol–water partition coefficient (Wildman–Crippen LogP) is 5.72. The lowest BCUT2D eigenvalue weighted by Gasteiger charge is -2.27. The van der Waals surface area contributed by atoms with Crippen molar-refractivity contribution in [2.24, 2.45) is 0 Å². The molecule has 0 saturated carbocycles. The van der Waals surface area contributed by atoms with Gasteiger partial charge in [0.05, 0.1) is 10.0 Å². The van der Waals surface area contributed by atoms with Crippen molar-refractivity contribution in [3.8, 4) is 11.1 Å². The Morgan fingerprint density at radius 3 is 2.18 bits per heavy atom. The quantitative estimate of drug-likeness (QED) is 0.333. The van der Waals surface area contributed by atoms with Gasteiger partial charge < -0.3 is 15.5 Å². The Labute approximate surface area is 209 Å². The first kappa shape index (κ1) is 25.8. The molecular weight excluding hydrogens is 473 g/mol. The van der Waals surface area contributed by atoms with Crippen molar-refractivity contribution >= 4 is 35.1 Å². The number of hydrogen-bond acceptors (Lipinski definition) is 3. The fraction of sp³-hybridized carbons (Fsp3) is 0.259. The van der Waals surface area contributed by atoms with Crippen molar-refractivity contribution in [1.29, 1.82) is 0 Å². The summed E-state index contributed by atoms with van der Waals surface area (Å²) >= 11 is 12.3. The van der Waals surface area contributed by atoms with Crippen LogP contribution in [0.25, 0.3) is 11.1 Å². The van der Waals surface area contributed by atoms with Crippen molar-refractivity contribution in [2.45, 2.75) is 44.2 Å². The average molecular weight is 500 g/mol. The molecule has 0 aliphatic rings.